The maximum atomic E-state index is 11.9. The topological polar surface area (TPSA) is 87.1 Å². The number of nitrogens with zero attached hydrogens (tertiary/aromatic N) is 1. The van der Waals surface area contributed by atoms with Gasteiger partial charge in [-0.3, -0.25) is 4.79 Å². The number of hydrogen-bond donors (Lipinski definition) is 2. The molecule has 1 saturated heterocycles. The SMILES string of the molecule is CC(C)(C)OC(=O)N1CCC(O)CC(C(=O)O)C1.[K]. The van der Waals surface area contributed by atoms with Crippen LogP contribution in [0.4, 0.5) is 4.79 Å². The van der Waals surface area contributed by atoms with Crippen molar-refractivity contribution in [1.29, 1.82) is 0 Å². The predicted molar refractivity (Wildman–Crippen MR) is 69.9 cm³/mol. The molecule has 0 aromatic heterocycles. The van der Waals surface area contributed by atoms with Crippen molar-refractivity contribution in [2.24, 2.45) is 5.92 Å². The van der Waals surface area contributed by atoms with Crippen LogP contribution in [0.25, 0.3) is 0 Å². The summed E-state index contributed by atoms with van der Waals surface area (Å²) in [7, 11) is 0. The van der Waals surface area contributed by atoms with Gasteiger partial charge in [0.25, 0.3) is 0 Å². The minimum atomic E-state index is -0.996. The van der Waals surface area contributed by atoms with Crippen LogP contribution in [-0.2, 0) is 9.53 Å². The van der Waals surface area contributed by atoms with Crippen molar-refractivity contribution in [2.75, 3.05) is 13.1 Å². The van der Waals surface area contributed by atoms with Gasteiger partial charge in [-0.2, -0.15) is 0 Å². The van der Waals surface area contributed by atoms with Gasteiger partial charge in [-0.1, -0.05) is 0 Å². The molecule has 1 aliphatic rings. The zero-order chi connectivity index (χ0) is 13.9. The molecular formula is C12H21KNO5. The van der Waals surface area contributed by atoms with E-state index in [2.05, 4.69) is 0 Å². The van der Waals surface area contributed by atoms with E-state index in [1.165, 1.54) is 4.90 Å². The van der Waals surface area contributed by atoms with Gasteiger partial charge in [-0.05, 0) is 33.6 Å². The summed E-state index contributed by atoms with van der Waals surface area (Å²) in [5.41, 5.74) is -0.610. The number of aliphatic hydroxyl groups is 1. The largest absolute Gasteiger partial charge is 0.481 e. The standard InChI is InChI=1S/C12H21NO5.K/c1-12(2,3)18-11(17)13-5-4-9(14)6-8(7-13)10(15)16;/h8-9,14H,4-7H2,1-3H3,(H,15,16);. The third-order valence-corrected chi connectivity index (χ3v) is 2.73. The Bertz CT molecular complexity index is 329. The Hall–Kier alpha value is 0.336. The molecule has 1 rings (SSSR count). The quantitative estimate of drug-likeness (QED) is 0.696. The minimum absolute atomic E-state index is 0. The molecule has 0 bridgehead atoms. The normalized spacial score (nSPS) is 24.1. The molecule has 0 aromatic carbocycles. The van der Waals surface area contributed by atoms with E-state index < -0.39 is 29.7 Å². The summed E-state index contributed by atoms with van der Waals surface area (Å²) < 4.78 is 5.21. The van der Waals surface area contributed by atoms with Gasteiger partial charge < -0.3 is 19.8 Å². The number of aliphatic hydroxyl groups excluding tert-OH is 1. The van der Waals surface area contributed by atoms with E-state index in [-0.39, 0.29) is 64.4 Å². The van der Waals surface area contributed by atoms with Crippen LogP contribution in [0.1, 0.15) is 33.6 Å². The van der Waals surface area contributed by atoms with E-state index in [0.717, 1.165) is 0 Å². The van der Waals surface area contributed by atoms with Crippen molar-refractivity contribution in [1.82, 2.24) is 4.90 Å². The molecule has 6 nitrogen and oxygen atoms in total. The molecule has 2 N–H and O–H groups in total. The molecule has 1 fully saturated rings. The van der Waals surface area contributed by atoms with Gasteiger partial charge in [0.05, 0.1) is 12.0 Å². The fourth-order valence-corrected chi connectivity index (χ4v) is 1.85. The van der Waals surface area contributed by atoms with Crippen LogP contribution in [0.2, 0.25) is 0 Å². The number of carboxylic acid groups (broad SMARTS) is 1. The molecule has 0 spiro atoms. The van der Waals surface area contributed by atoms with Crippen LogP contribution in [0.3, 0.4) is 0 Å². The predicted octanol–water partition coefficient (Wildman–Crippen LogP) is 0.698. The number of carbonyl (C=O) groups is 2. The van der Waals surface area contributed by atoms with Crippen LogP contribution < -0.4 is 0 Å². The first-order chi connectivity index (χ1) is 8.19. The third kappa shape index (κ3) is 7.06. The molecule has 2 unspecified atom stereocenters. The van der Waals surface area contributed by atoms with Crippen LogP contribution in [-0.4, -0.2) is 103 Å². The maximum Gasteiger partial charge on any atom is 0.410 e. The van der Waals surface area contributed by atoms with E-state index in [4.69, 9.17) is 9.84 Å². The van der Waals surface area contributed by atoms with Gasteiger partial charge in [0, 0.05) is 64.5 Å². The van der Waals surface area contributed by atoms with Crippen LogP contribution in [0.5, 0.6) is 0 Å². The Morgan fingerprint density at radius 3 is 2.37 bits per heavy atom. The van der Waals surface area contributed by atoms with Crippen molar-refractivity contribution in [3.63, 3.8) is 0 Å². The zero-order valence-electron chi connectivity index (χ0n) is 12.0. The Kier molecular flexibility index (Phi) is 8.09. The van der Waals surface area contributed by atoms with Gasteiger partial charge >= 0.3 is 12.1 Å². The van der Waals surface area contributed by atoms with Gasteiger partial charge in [-0.25, -0.2) is 4.79 Å². The van der Waals surface area contributed by atoms with Gasteiger partial charge in [0.15, 0.2) is 0 Å². The summed E-state index contributed by atoms with van der Waals surface area (Å²) >= 11 is 0. The Balaban J connectivity index is 0.00000324. The number of likely N-dealkylation sites (tertiary alicyclic amines) is 1. The number of hydrogen-bond acceptors (Lipinski definition) is 4. The van der Waals surface area contributed by atoms with E-state index in [9.17, 15) is 14.7 Å². The van der Waals surface area contributed by atoms with E-state index in [1.54, 1.807) is 20.8 Å². The van der Waals surface area contributed by atoms with E-state index in [0.29, 0.717) is 13.0 Å². The first kappa shape index (κ1) is 19.3. The van der Waals surface area contributed by atoms with Crippen molar-refractivity contribution in [3.8, 4) is 0 Å². The van der Waals surface area contributed by atoms with Crippen LogP contribution >= 0.6 is 0 Å². The summed E-state index contributed by atoms with van der Waals surface area (Å²) in [4.78, 5) is 24.2. The van der Waals surface area contributed by atoms with Crippen molar-refractivity contribution in [2.45, 2.75) is 45.3 Å². The number of carbonyl (C=O) groups excluding carboxylic acids is 1. The van der Waals surface area contributed by atoms with Gasteiger partial charge in [0.1, 0.15) is 5.60 Å². The average molecular weight is 298 g/mol. The molecule has 0 aromatic rings. The molecule has 19 heavy (non-hydrogen) atoms. The Morgan fingerprint density at radius 1 is 1.32 bits per heavy atom. The maximum absolute atomic E-state index is 11.9. The molecule has 0 saturated carbocycles. The van der Waals surface area contributed by atoms with Gasteiger partial charge in [-0.15, -0.1) is 0 Å². The monoisotopic (exact) mass is 298 g/mol. The minimum Gasteiger partial charge on any atom is -0.481 e. The van der Waals surface area contributed by atoms with Crippen molar-refractivity contribution in [3.05, 3.63) is 0 Å². The van der Waals surface area contributed by atoms with Crippen LogP contribution in [0, 0.1) is 5.92 Å². The first-order valence-corrected chi connectivity index (χ1v) is 6.08. The molecule has 1 aliphatic heterocycles. The second-order valence-electron chi connectivity index (χ2n) is 5.64. The zero-order valence-corrected chi connectivity index (χ0v) is 15.2. The molecule has 0 aliphatic carbocycles. The van der Waals surface area contributed by atoms with E-state index >= 15 is 0 Å². The summed E-state index contributed by atoms with van der Waals surface area (Å²) in [6, 6.07) is 0. The number of carboxylic acids is 1. The number of ether oxygens (including phenoxy) is 1. The smallest absolute Gasteiger partial charge is 0.410 e. The summed E-state index contributed by atoms with van der Waals surface area (Å²) in [6.07, 6.45) is -0.654. The molecule has 105 valence electrons. The fourth-order valence-electron chi connectivity index (χ4n) is 1.85. The molecule has 1 amide bonds. The molecule has 2 atom stereocenters. The first-order valence-electron chi connectivity index (χ1n) is 6.08. The average Bonchev–Trinajstić information content (AvgIpc) is 2.37. The number of aliphatic carboxylic acids is 1. The molecule has 7 heteroatoms. The Labute approximate surface area is 155 Å². The fraction of sp³-hybridized carbons (Fsp3) is 0.833. The van der Waals surface area contributed by atoms with Crippen molar-refractivity contribution >= 4 is 63.4 Å². The van der Waals surface area contributed by atoms with E-state index in [1.807, 2.05) is 0 Å². The van der Waals surface area contributed by atoms with Crippen LogP contribution in [0.15, 0.2) is 0 Å². The number of amides is 1. The third-order valence-electron chi connectivity index (χ3n) is 2.73. The second kappa shape index (κ2) is 7.95. The van der Waals surface area contributed by atoms with Crippen molar-refractivity contribution < 1.29 is 24.5 Å². The number of rotatable bonds is 1. The Morgan fingerprint density at radius 2 is 1.89 bits per heavy atom. The summed E-state index contributed by atoms with van der Waals surface area (Å²) in [6.45, 7) is 5.67. The summed E-state index contributed by atoms with van der Waals surface area (Å²) in [5.74, 6) is -1.74. The summed E-state index contributed by atoms with van der Waals surface area (Å²) in [5, 5.41) is 18.6. The molecular weight excluding hydrogens is 277 g/mol. The second-order valence-corrected chi connectivity index (χ2v) is 5.64. The van der Waals surface area contributed by atoms with Gasteiger partial charge in [0.2, 0.25) is 0 Å². The molecule has 1 radical (unpaired) electrons. The molecule has 1 heterocycles.